The van der Waals surface area contributed by atoms with E-state index in [1.165, 1.54) is 31.1 Å². The number of carbonyl (C=O) groups excluding carboxylic acids is 2. The second kappa shape index (κ2) is 5.50. The number of hydrogen-bond donors (Lipinski definition) is 2. The molecule has 5 heteroatoms. The van der Waals surface area contributed by atoms with Crippen molar-refractivity contribution >= 4 is 23.3 Å². The number of nitrogen functional groups attached to an aromatic ring is 1. The third-order valence-corrected chi connectivity index (χ3v) is 6.06. The lowest BCUT2D eigenvalue weighted by Crippen LogP contribution is -2.62. The average molecular weight is 327 g/mol. The van der Waals surface area contributed by atoms with Crippen molar-refractivity contribution in [2.75, 3.05) is 10.6 Å². The molecule has 0 atom stereocenters. The number of nitrogens with one attached hydrogen (secondary N) is 1. The van der Waals surface area contributed by atoms with E-state index >= 15 is 0 Å². The molecular weight excluding hydrogens is 302 g/mol. The summed E-state index contributed by atoms with van der Waals surface area (Å²) in [6.45, 7) is 1.42. The van der Waals surface area contributed by atoms with Crippen LogP contribution in [0.15, 0.2) is 24.3 Å². The molecule has 5 rings (SSSR count). The number of imide groups is 1. The molecular formula is C19H25N3O2. The summed E-state index contributed by atoms with van der Waals surface area (Å²) in [6.07, 6.45) is 7.15. The summed E-state index contributed by atoms with van der Waals surface area (Å²) < 4.78 is 0. The van der Waals surface area contributed by atoms with Gasteiger partial charge in [-0.25, -0.2) is 9.69 Å². The van der Waals surface area contributed by atoms with E-state index in [1.807, 2.05) is 0 Å². The van der Waals surface area contributed by atoms with E-state index in [4.69, 9.17) is 5.73 Å². The van der Waals surface area contributed by atoms with Gasteiger partial charge in [0.25, 0.3) is 0 Å². The second-order valence-electron chi connectivity index (χ2n) is 8.08. The molecule has 0 heterocycles. The van der Waals surface area contributed by atoms with Gasteiger partial charge in [0.05, 0.1) is 5.69 Å². The number of amides is 3. The fourth-order valence-corrected chi connectivity index (χ4v) is 5.65. The summed E-state index contributed by atoms with van der Waals surface area (Å²) in [5.74, 6) is 1.95. The van der Waals surface area contributed by atoms with E-state index in [0.29, 0.717) is 11.4 Å². The van der Waals surface area contributed by atoms with Crippen LogP contribution in [0.4, 0.5) is 16.2 Å². The first kappa shape index (κ1) is 15.5. The molecule has 128 valence electrons. The fourth-order valence-electron chi connectivity index (χ4n) is 5.65. The monoisotopic (exact) mass is 327 g/mol. The van der Waals surface area contributed by atoms with E-state index in [2.05, 4.69) is 5.32 Å². The van der Waals surface area contributed by atoms with E-state index in [0.717, 1.165) is 37.0 Å². The van der Waals surface area contributed by atoms with Crippen molar-refractivity contribution in [2.24, 2.45) is 17.8 Å². The van der Waals surface area contributed by atoms with E-state index < -0.39 is 0 Å². The summed E-state index contributed by atoms with van der Waals surface area (Å²) in [4.78, 5) is 26.3. The van der Waals surface area contributed by atoms with Crippen LogP contribution >= 0.6 is 0 Å². The Balaban J connectivity index is 1.57. The molecule has 4 aliphatic carbocycles. The van der Waals surface area contributed by atoms with Crippen LogP contribution in [0.2, 0.25) is 0 Å². The number of benzene rings is 1. The minimum atomic E-state index is -0.310. The molecule has 0 spiro atoms. The Morgan fingerprint density at radius 3 is 2.21 bits per heavy atom. The molecule has 1 aromatic carbocycles. The predicted octanol–water partition coefficient (Wildman–Crippen LogP) is 3.30. The molecule has 4 saturated carbocycles. The number of hydrogen-bond acceptors (Lipinski definition) is 3. The predicted molar refractivity (Wildman–Crippen MR) is 93.4 cm³/mol. The first-order valence-electron chi connectivity index (χ1n) is 8.92. The molecule has 0 unspecified atom stereocenters. The summed E-state index contributed by atoms with van der Waals surface area (Å²) >= 11 is 0. The summed E-state index contributed by atoms with van der Waals surface area (Å²) in [6, 6.07) is 6.62. The minimum Gasteiger partial charge on any atom is -0.399 e. The van der Waals surface area contributed by atoms with Gasteiger partial charge in [-0.2, -0.15) is 0 Å². The lowest BCUT2D eigenvalue weighted by atomic mass is 9.53. The lowest BCUT2D eigenvalue weighted by molar-refractivity contribution is -0.115. The SMILES string of the molecule is CC(=O)N(C(=O)NC12CC3CC(CC(C3)C1)C2)c1cccc(N)c1. The van der Waals surface area contributed by atoms with Gasteiger partial charge >= 0.3 is 6.03 Å². The Kier molecular flexibility index (Phi) is 3.55. The Hall–Kier alpha value is -2.04. The maximum absolute atomic E-state index is 12.9. The van der Waals surface area contributed by atoms with E-state index in [1.54, 1.807) is 24.3 Å². The number of carbonyl (C=O) groups is 2. The number of urea groups is 1. The van der Waals surface area contributed by atoms with Crippen molar-refractivity contribution in [3.8, 4) is 0 Å². The van der Waals surface area contributed by atoms with Gasteiger partial charge in [-0.15, -0.1) is 0 Å². The van der Waals surface area contributed by atoms with Crippen molar-refractivity contribution in [3.05, 3.63) is 24.3 Å². The molecule has 5 nitrogen and oxygen atoms in total. The third-order valence-electron chi connectivity index (χ3n) is 6.06. The second-order valence-corrected chi connectivity index (χ2v) is 8.08. The topological polar surface area (TPSA) is 75.4 Å². The highest BCUT2D eigenvalue weighted by atomic mass is 16.2. The van der Waals surface area contributed by atoms with Crippen molar-refractivity contribution in [2.45, 2.75) is 51.0 Å². The molecule has 0 radical (unpaired) electrons. The number of nitrogens with two attached hydrogens (primary N) is 1. The van der Waals surface area contributed by atoms with Crippen LogP contribution in [0.3, 0.4) is 0 Å². The van der Waals surface area contributed by atoms with Gasteiger partial charge in [-0.05, 0) is 74.5 Å². The molecule has 3 amide bonds. The first-order chi connectivity index (χ1) is 11.4. The van der Waals surface area contributed by atoms with Gasteiger partial charge in [-0.1, -0.05) is 6.07 Å². The molecule has 4 fully saturated rings. The average Bonchev–Trinajstić information content (AvgIpc) is 2.44. The van der Waals surface area contributed by atoms with Crippen LogP contribution < -0.4 is 16.0 Å². The highest BCUT2D eigenvalue weighted by molar-refractivity contribution is 6.13. The van der Waals surface area contributed by atoms with Crippen LogP contribution in [-0.4, -0.2) is 17.5 Å². The first-order valence-corrected chi connectivity index (χ1v) is 8.92. The zero-order chi connectivity index (χ0) is 16.9. The third kappa shape index (κ3) is 2.66. The van der Waals surface area contributed by atoms with Crippen LogP contribution in [0.1, 0.15) is 45.4 Å². The zero-order valence-corrected chi connectivity index (χ0v) is 14.1. The Morgan fingerprint density at radius 2 is 1.71 bits per heavy atom. The van der Waals surface area contributed by atoms with Gasteiger partial charge < -0.3 is 11.1 Å². The van der Waals surface area contributed by atoms with Crippen molar-refractivity contribution in [1.82, 2.24) is 5.32 Å². The fraction of sp³-hybridized carbons (Fsp3) is 0.579. The maximum Gasteiger partial charge on any atom is 0.329 e. The molecule has 1 aromatic rings. The van der Waals surface area contributed by atoms with Gasteiger partial charge in [0.15, 0.2) is 0 Å². The number of rotatable bonds is 2. The summed E-state index contributed by atoms with van der Waals surface area (Å²) in [7, 11) is 0. The van der Waals surface area contributed by atoms with Crippen molar-refractivity contribution in [1.29, 1.82) is 0 Å². The van der Waals surface area contributed by atoms with Gasteiger partial charge in [0.1, 0.15) is 0 Å². The molecule has 0 saturated heterocycles. The van der Waals surface area contributed by atoms with Crippen molar-refractivity contribution in [3.63, 3.8) is 0 Å². The maximum atomic E-state index is 12.9. The van der Waals surface area contributed by atoms with Crippen LogP contribution in [-0.2, 0) is 4.79 Å². The van der Waals surface area contributed by atoms with Crippen LogP contribution in [0.5, 0.6) is 0 Å². The molecule has 0 aliphatic heterocycles. The Morgan fingerprint density at radius 1 is 1.12 bits per heavy atom. The Labute approximate surface area is 142 Å². The summed E-state index contributed by atoms with van der Waals surface area (Å²) in [5, 5.41) is 3.25. The summed E-state index contributed by atoms with van der Waals surface area (Å²) in [5.41, 5.74) is 6.78. The van der Waals surface area contributed by atoms with Gasteiger partial charge in [0.2, 0.25) is 5.91 Å². The van der Waals surface area contributed by atoms with Crippen LogP contribution in [0.25, 0.3) is 0 Å². The molecule has 3 N–H and O–H groups in total. The molecule has 4 bridgehead atoms. The van der Waals surface area contributed by atoms with Gasteiger partial charge in [-0.3, -0.25) is 4.79 Å². The quantitative estimate of drug-likeness (QED) is 0.818. The highest BCUT2D eigenvalue weighted by Crippen LogP contribution is 2.55. The van der Waals surface area contributed by atoms with E-state index in [9.17, 15) is 9.59 Å². The smallest absolute Gasteiger partial charge is 0.329 e. The number of anilines is 2. The molecule has 0 aromatic heterocycles. The van der Waals surface area contributed by atoms with E-state index in [-0.39, 0.29) is 17.5 Å². The minimum absolute atomic E-state index is 0.111. The van der Waals surface area contributed by atoms with Crippen LogP contribution in [0, 0.1) is 17.8 Å². The standard InChI is InChI=1S/C19H25N3O2/c1-12(23)22(17-4-2-3-16(20)8-17)18(24)21-19-9-13-5-14(10-19)7-15(6-13)11-19/h2-4,8,13-15H,5-7,9-11,20H2,1H3,(H,21,24). The Bertz CT molecular complexity index is 650. The normalized spacial score (nSPS) is 33.3. The number of nitrogens with zero attached hydrogens (tertiary/aromatic N) is 1. The largest absolute Gasteiger partial charge is 0.399 e. The molecule has 24 heavy (non-hydrogen) atoms. The molecule has 4 aliphatic rings. The van der Waals surface area contributed by atoms with Gasteiger partial charge in [0, 0.05) is 18.2 Å². The van der Waals surface area contributed by atoms with Crippen molar-refractivity contribution < 1.29 is 9.59 Å². The highest BCUT2D eigenvalue weighted by Gasteiger charge is 2.52. The zero-order valence-electron chi connectivity index (χ0n) is 14.1. The lowest BCUT2D eigenvalue weighted by Gasteiger charge is -2.57.